The average Bonchev–Trinajstić information content (AvgIpc) is 3.26. The SMILES string of the molecule is N#Cc1cc(-c2cc(O)c3c(c2)Oc2ccccc2[B]3)nc(-n2c3ccccc3c3ccccc32)c1. The lowest BCUT2D eigenvalue weighted by atomic mass is 9.61. The molecule has 0 atom stereocenters. The Balaban J connectivity index is 1.43. The van der Waals surface area contributed by atoms with Gasteiger partial charge in [0.05, 0.1) is 28.4 Å². The Morgan fingerprint density at radius 1 is 0.806 bits per heavy atom. The van der Waals surface area contributed by atoms with Gasteiger partial charge in [0.25, 0.3) is 0 Å². The van der Waals surface area contributed by atoms with Crippen molar-refractivity contribution in [3.63, 3.8) is 0 Å². The summed E-state index contributed by atoms with van der Waals surface area (Å²) < 4.78 is 8.18. The second-order valence-corrected chi connectivity index (χ2v) is 8.77. The molecule has 1 N–H and O–H groups in total. The normalized spacial score (nSPS) is 11.9. The molecule has 7 rings (SSSR count). The largest absolute Gasteiger partial charge is 0.508 e. The number of nitriles is 1. The molecule has 1 radical (unpaired) electrons. The Labute approximate surface area is 207 Å². The standard InChI is InChI=1S/C30H17BN3O2/c32-17-18-13-23(19-15-26(35)30-28(16-19)36-27-12-6-3-9-22(27)31-30)33-29(14-18)34-24-10-4-1-7-20(24)21-8-2-5-11-25(21)34/h1-16,35H. The highest BCUT2D eigenvalue weighted by atomic mass is 16.5. The van der Waals surface area contributed by atoms with Gasteiger partial charge in [-0.3, -0.25) is 4.57 Å². The Morgan fingerprint density at radius 2 is 1.50 bits per heavy atom. The fourth-order valence-corrected chi connectivity index (χ4v) is 4.97. The van der Waals surface area contributed by atoms with E-state index < -0.39 is 0 Å². The van der Waals surface area contributed by atoms with Crippen molar-refractivity contribution in [2.75, 3.05) is 0 Å². The van der Waals surface area contributed by atoms with Crippen molar-refractivity contribution < 1.29 is 9.84 Å². The lowest BCUT2D eigenvalue weighted by Gasteiger charge is -2.21. The van der Waals surface area contributed by atoms with Crippen LogP contribution in [0.5, 0.6) is 17.2 Å². The molecule has 0 amide bonds. The molecule has 5 nitrogen and oxygen atoms in total. The van der Waals surface area contributed by atoms with E-state index in [9.17, 15) is 10.4 Å². The zero-order valence-electron chi connectivity index (χ0n) is 19.0. The van der Waals surface area contributed by atoms with Crippen LogP contribution in [0.4, 0.5) is 0 Å². The maximum Gasteiger partial charge on any atom is 0.206 e. The van der Waals surface area contributed by atoms with Gasteiger partial charge in [0.2, 0.25) is 7.28 Å². The summed E-state index contributed by atoms with van der Waals surface area (Å²) in [6.07, 6.45) is 0. The molecule has 0 saturated heterocycles. The highest BCUT2D eigenvalue weighted by Gasteiger charge is 2.23. The molecule has 0 fully saturated rings. The summed E-state index contributed by atoms with van der Waals surface area (Å²) in [4.78, 5) is 4.96. The topological polar surface area (TPSA) is 71.1 Å². The maximum absolute atomic E-state index is 10.9. The molecule has 2 aromatic heterocycles. The predicted molar refractivity (Wildman–Crippen MR) is 142 cm³/mol. The summed E-state index contributed by atoms with van der Waals surface area (Å²) >= 11 is 0. The Morgan fingerprint density at radius 3 is 2.25 bits per heavy atom. The number of nitrogens with zero attached hydrogens (tertiary/aromatic N) is 3. The molecule has 0 aliphatic carbocycles. The number of hydrogen-bond donors (Lipinski definition) is 1. The first-order chi connectivity index (χ1) is 17.7. The second-order valence-electron chi connectivity index (χ2n) is 8.77. The van der Waals surface area contributed by atoms with Crippen LogP contribution < -0.4 is 15.7 Å². The van der Waals surface area contributed by atoms with Crippen LogP contribution in [0.25, 0.3) is 38.9 Å². The van der Waals surface area contributed by atoms with E-state index in [1.54, 1.807) is 18.2 Å². The minimum absolute atomic E-state index is 0.0968. The zero-order chi connectivity index (χ0) is 24.2. The summed E-state index contributed by atoms with van der Waals surface area (Å²) in [5.74, 6) is 2.01. The van der Waals surface area contributed by atoms with Gasteiger partial charge in [-0.15, -0.1) is 0 Å². The van der Waals surface area contributed by atoms with E-state index in [1.165, 1.54) is 0 Å². The monoisotopic (exact) mass is 462 g/mol. The quantitative estimate of drug-likeness (QED) is 0.360. The van der Waals surface area contributed by atoms with Crippen LogP contribution in [-0.2, 0) is 0 Å². The van der Waals surface area contributed by atoms with Crippen LogP contribution in [0.2, 0.25) is 0 Å². The van der Waals surface area contributed by atoms with Crippen LogP contribution in [0.1, 0.15) is 5.56 Å². The smallest absolute Gasteiger partial charge is 0.206 e. The highest BCUT2D eigenvalue weighted by molar-refractivity contribution is 6.70. The van der Waals surface area contributed by atoms with Gasteiger partial charge in [-0.25, -0.2) is 4.98 Å². The lowest BCUT2D eigenvalue weighted by molar-refractivity contribution is 0.462. The Bertz CT molecular complexity index is 1830. The third-order valence-electron chi connectivity index (χ3n) is 6.60. The Hall–Kier alpha value is -5.02. The van der Waals surface area contributed by atoms with E-state index in [4.69, 9.17) is 9.72 Å². The minimum atomic E-state index is 0.0968. The molecule has 4 aromatic carbocycles. The number of hydrogen-bond acceptors (Lipinski definition) is 4. The number of fused-ring (bicyclic) bond motifs is 5. The Kier molecular flexibility index (Phi) is 4.39. The molecule has 0 bridgehead atoms. The number of phenolic OH excluding ortho intramolecular Hbond substituents is 1. The first-order valence-electron chi connectivity index (χ1n) is 11.6. The molecule has 6 aromatic rings. The van der Waals surface area contributed by atoms with Crippen LogP contribution in [0.3, 0.4) is 0 Å². The number of phenols is 1. The first kappa shape index (κ1) is 20.4. The van der Waals surface area contributed by atoms with Crippen LogP contribution in [0.15, 0.2) is 97.1 Å². The number of para-hydroxylation sites is 3. The van der Waals surface area contributed by atoms with E-state index >= 15 is 0 Å². The molecule has 6 heteroatoms. The van der Waals surface area contributed by atoms with Crippen molar-refractivity contribution in [1.82, 2.24) is 9.55 Å². The van der Waals surface area contributed by atoms with Crippen LogP contribution in [-0.4, -0.2) is 21.9 Å². The molecule has 36 heavy (non-hydrogen) atoms. The minimum Gasteiger partial charge on any atom is -0.508 e. The summed E-state index contributed by atoms with van der Waals surface area (Å²) in [7, 11) is 1.91. The summed E-state index contributed by atoms with van der Waals surface area (Å²) in [5.41, 5.74) is 5.27. The molecule has 1 aliphatic heterocycles. The summed E-state index contributed by atoms with van der Waals surface area (Å²) in [6.45, 7) is 0. The van der Waals surface area contributed by atoms with Crippen molar-refractivity contribution in [1.29, 1.82) is 5.26 Å². The van der Waals surface area contributed by atoms with E-state index in [1.807, 2.05) is 61.9 Å². The number of aromatic hydroxyl groups is 1. The van der Waals surface area contributed by atoms with Gasteiger partial charge in [-0.2, -0.15) is 5.26 Å². The van der Waals surface area contributed by atoms with Crippen LogP contribution >= 0.6 is 0 Å². The van der Waals surface area contributed by atoms with Gasteiger partial charge in [0.15, 0.2) is 0 Å². The lowest BCUT2D eigenvalue weighted by Crippen LogP contribution is -2.33. The summed E-state index contributed by atoms with van der Waals surface area (Å²) in [5, 5.41) is 23.0. The molecule has 1 aliphatic rings. The average molecular weight is 462 g/mol. The van der Waals surface area contributed by atoms with Gasteiger partial charge >= 0.3 is 0 Å². The number of pyridine rings is 1. The molecule has 3 heterocycles. The van der Waals surface area contributed by atoms with Gasteiger partial charge in [-0.05, 0) is 47.9 Å². The summed E-state index contributed by atoms with van der Waals surface area (Å²) in [6, 6.07) is 33.4. The number of aromatic nitrogens is 2. The molecule has 0 saturated carbocycles. The van der Waals surface area contributed by atoms with Crippen molar-refractivity contribution >= 4 is 40.0 Å². The maximum atomic E-state index is 10.9. The van der Waals surface area contributed by atoms with Gasteiger partial charge in [0, 0.05) is 21.8 Å². The second kappa shape index (κ2) is 7.76. The molecular formula is C30H17BN3O2. The molecule has 0 unspecified atom stereocenters. The van der Waals surface area contributed by atoms with Gasteiger partial charge in [0.1, 0.15) is 23.1 Å². The third kappa shape index (κ3) is 3.07. The van der Waals surface area contributed by atoms with Crippen LogP contribution in [0, 0.1) is 11.3 Å². The van der Waals surface area contributed by atoms with Crippen molar-refractivity contribution in [2.24, 2.45) is 0 Å². The van der Waals surface area contributed by atoms with Gasteiger partial charge < -0.3 is 9.84 Å². The van der Waals surface area contributed by atoms with E-state index in [-0.39, 0.29) is 5.75 Å². The van der Waals surface area contributed by atoms with E-state index in [0.29, 0.717) is 33.9 Å². The number of rotatable bonds is 2. The number of ether oxygens (including phenoxy) is 1. The highest BCUT2D eigenvalue weighted by Crippen LogP contribution is 2.34. The molecule has 0 spiro atoms. The zero-order valence-corrected chi connectivity index (χ0v) is 19.0. The molecular weight excluding hydrogens is 445 g/mol. The van der Waals surface area contributed by atoms with E-state index in [0.717, 1.165) is 33.0 Å². The first-order valence-corrected chi connectivity index (χ1v) is 11.6. The van der Waals surface area contributed by atoms with Crippen molar-refractivity contribution in [3.05, 3.63) is 103 Å². The van der Waals surface area contributed by atoms with E-state index in [2.05, 4.69) is 34.9 Å². The molecule has 167 valence electrons. The predicted octanol–water partition coefficient (Wildman–Crippen LogP) is 5.18. The van der Waals surface area contributed by atoms with Gasteiger partial charge in [-0.1, -0.05) is 54.6 Å². The van der Waals surface area contributed by atoms with Crippen molar-refractivity contribution in [3.8, 4) is 40.4 Å². The fourth-order valence-electron chi connectivity index (χ4n) is 4.97. The third-order valence-corrected chi connectivity index (χ3v) is 6.60. The fraction of sp³-hybridized carbons (Fsp3) is 0. The number of benzene rings is 4. The van der Waals surface area contributed by atoms with Crippen molar-refractivity contribution in [2.45, 2.75) is 0 Å².